The van der Waals surface area contributed by atoms with Crippen LogP contribution in [-0.2, 0) is 26.1 Å². The molecule has 9 heteroatoms. The monoisotopic (exact) mass is 435 g/mol. The van der Waals surface area contributed by atoms with Crippen LogP contribution in [-0.4, -0.2) is 44.9 Å². The second-order valence-corrected chi connectivity index (χ2v) is 9.14. The van der Waals surface area contributed by atoms with E-state index >= 15 is 0 Å². The molecule has 3 rings (SSSR count). The highest BCUT2D eigenvalue weighted by Gasteiger charge is 2.28. The molecule has 8 nitrogen and oxygen atoms in total. The average Bonchev–Trinajstić information content (AvgIpc) is 3.12. The minimum Gasteiger partial charge on any atom is -0.463 e. The summed E-state index contributed by atoms with van der Waals surface area (Å²) >= 11 is 0. The molecule has 1 aromatic carbocycles. The lowest BCUT2D eigenvalue weighted by Crippen LogP contribution is -2.36. The van der Waals surface area contributed by atoms with Crippen molar-refractivity contribution in [2.45, 2.75) is 44.6 Å². The number of benzene rings is 1. The standard InChI is InChI=1S/C21H25NO7S/c1-14-7-8-16(12-18(14)30(25,26)22-9-5-4-6-10-22)20(23)28-13-17-11-15(2)19(29-17)21(24)27-3/h7-8,11-12H,4-6,9-10,13H2,1-3H3. The van der Waals surface area contributed by atoms with E-state index in [0.717, 1.165) is 19.3 Å². The van der Waals surface area contributed by atoms with Gasteiger partial charge >= 0.3 is 11.9 Å². The lowest BCUT2D eigenvalue weighted by Gasteiger charge is -2.26. The molecular formula is C21H25NO7S. The molecule has 1 aromatic heterocycles. The number of hydrogen-bond acceptors (Lipinski definition) is 7. The van der Waals surface area contributed by atoms with Crippen LogP contribution in [0.3, 0.4) is 0 Å². The van der Waals surface area contributed by atoms with Crippen LogP contribution in [0.1, 0.15) is 57.1 Å². The van der Waals surface area contributed by atoms with Gasteiger partial charge in [0.2, 0.25) is 15.8 Å². The van der Waals surface area contributed by atoms with Crippen molar-refractivity contribution in [2.75, 3.05) is 20.2 Å². The molecule has 1 fully saturated rings. The smallest absolute Gasteiger partial charge is 0.374 e. The summed E-state index contributed by atoms with van der Waals surface area (Å²) in [7, 11) is -2.43. The van der Waals surface area contributed by atoms with E-state index in [9.17, 15) is 18.0 Å². The summed E-state index contributed by atoms with van der Waals surface area (Å²) in [5.74, 6) is -0.960. The van der Waals surface area contributed by atoms with Gasteiger partial charge in [-0.05, 0) is 50.5 Å². The molecule has 1 aliphatic rings. The molecule has 0 spiro atoms. The number of sulfonamides is 1. The number of carbonyl (C=O) groups excluding carboxylic acids is 2. The van der Waals surface area contributed by atoms with E-state index in [4.69, 9.17) is 9.15 Å². The number of hydrogen-bond donors (Lipinski definition) is 0. The summed E-state index contributed by atoms with van der Waals surface area (Å²) in [6.45, 7) is 4.15. The molecule has 2 aromatic rings. The van der Waals surface area contributed by atoms with Crippen molar-refractivity contribution < 1.29 is 31.9 Å². The van der Waals surface area contributed by atoms with Crippen molar-refractivity contribution in [2.24, 2.45) is 0 Å². The Bertz CT molecular complexity index is 1050. The number of aryl methyl sites for hydroxylation is 2. The molecule has 1 saturated heterocycles. The quantitative estimate of drug-likeness (QED) is 0.642. The van der Waals surface area contributed by atoms with Gasteiger partial charge in [-0.3, -0.25) is 0 Å². The van der Waals surface area contributed by atoms with E-state index in [1.165, 1.54) is 23.5 Å². The Balaban J connectivity index is 1.76. The van der Waals surface area contributed by atoms with Crippen LogP contribution in [0, 0.1) is 13.8 Å². The second kappa shape index (κ2) is 9.01. The van der Waals surface area contributed by atoms with E-state index in [1.54, 1.807) is 26.0 Å². The van der Waals surface area contributed by atoms with Crippen LogP contribution >= 0.6 is 0 Å². The maximum atomic E-state index is 13.0. The summed E-state index contributed by atoms with van der Waals surface area (Å²) in [6, 6.07) is 6.07. The first-order valence-electron chi connectivity index (χ1n) is 9.69. The number of methoxy groups -OCH3 is 1. The van der Waals surface area contributed by atoms with Crippen LogP contribution in [0.25, 0.3) is 0 Å². The molecule has 0 amide bonds. The van der Waals surface area contributed by atoms with Crippen molar-refractivity contribution in [1.29, 1.82) is 0 Å². The average molecular weight is 435 g/mol. The Morgan fingerprint density at radius 3 is 2.40 bits per heavy atom. The van der Waals surface area contributed by atoms with Crippen LogP contribution < -0.4 is 0 Å². The molecule has 0 unspecified atom stereocenters. The van der Waals surface area contributed by atoms with E-state index in [2.05, 4.69) is 4.74 Å². The third-order valence-corrected chi connectivity index (χ3v) is 7.08. The van der Waals surface area contributed by atoms with Gasteiger partial charge in [0.15, 0.2) is 0 Å². The molecule has 162 valence electrons. The van der Waals surface area contributed by atoms with Crippen molar-refractivity contribution in [3.8, 4) is 0 Å². The number of esters is 2. The van der Waals surface area contributed by atoms with Gasteiger partial charge in [0.25, 0.3) is 0 Å². The topological polar surface area (TPSA) is 103 Å². The maximum absolute atomic E-state index is 13.0. The van der Waals surface area contributed by atoms with E-state index in [1.807, 2.05) is 0 Å². The number of piperidine rings is 1. The van der Waals surface area contributed by atoms with E-state index in [0.29, 0.717) is 24.2 Å². The molecule has 0 N–H and O–H groups in total. The molecular weight excluding hydrogens is 410 g/mol. The normalized spacial score (nSPS) is 15.0. The highest BCUT2D eigenvalue weighted by atomic mass is 32.2. The van der Waals surface area contributed by atoms with Crippen LogP contribution in [0.2, 0.25) is 0 Å². The van der Waals surface area contributed by atoms with Crippen LogP contribution in [0.4, 0.5) is 0 Å². The van der Waals surface area contributed by atoms with Gasteiger partial charge in [0.05, 0.1) is 17.6 Å². The molecule has 0 saturated carbocycles. The lowest BCUT2D eigenvalue weighted by molar-refractivity contribution is 0.0438. The molecule has 1 aliphatic heterocycles. The fourth-order valence-corrected chi connectivity index (χ4v) is 5.15. The largest absolute Gasteiger partial charge is 0.463 e. The fraction of sp³-hybridized carbons (Fsp3) is 0.429. The lowest BCUT2D eigenvalue weighted by atomic mass is 10.1. The number of carbonyl (C=O) groups is 2. The number of furan rings is 1. The minimum atomic E-state index is -3.67. The molecule has 0 bridgehead atoms. The van der Waals surface area contributed by atoms with Crippen LogP contribution in [0.5, 0.6) is 0 Å². The van der Waals surface area contributed by atoms with Crippen molar-refractivity contribution >= 4 is 22.0 Å². The van der Waals surface area contributed by atoms with Gasteiger partial charge < -0.3 is 13.9 Å². The summed E-state index contributed by atoms with van der Waals surface area (Å²) in [5.41, 5.74) is 1.27. The van der Waals surface area contributed by atoms with Gasteiger partial charge in [-0.2, -0.15) is 4.31 Å². The second-order valence-electron chi connectivity index (χ2n) is 7.24. The maximum Gasteiger partial charge on any atom is 0.374 e. The summed E-state index contributed by atoms with van der Waals surface area (Å²) in [6.07, 6.45) is 2.67. The van der Waals surface area contributed by atoms with Gasteiger partial charge in [-0.1, -0.05) is 12.5 Å². The number of rotatable bonds is 6. The van der Waals surface area contributed by atoms with Crippen LogP contribution in [0.15, 0.2) is 33.6 Å². The summed E-state index contributed by atoms with van der Waals surface area (Å²) in [4.78, 5) is 24.2. The third-order valence-electron chi connectivity index (χ3n) is 5.04. The Hall–Kier alpha value is -2.65. The third kappa shape index (κ3) is 4.57. The van der Waals surface area contributed by atoms with E-state index in [-0.39, 0.29) is 28.6 Å². The zero-order valence-corrected chi connectivity index (χ0v) is 18.1. The van der Waals surface area contributed by atoms with Crippen molar-refractivity contribution in [1.82, 2.24) is 4.31 Å². The molecule has 0 radical (unpaired) electrons. The van der Waals surface area contributed by atoms with Crippen molar-refractivity contribution in [3.63, 3.8) is 0 Å². The Kier molecular flexibility index (Phi) is 6.62. The van der Waals surface area contributed by atoms with Crippen molar-refractivity contribution in [3.05, 3.63) is 52.5 Å². The fourth-order valence-electron chi connectivity index (χ4n) is 3.38. The number of ether oxygens (including phenoxy) is 2. The number of nitrogens with zero attached hydrogens (tertiary/aromatic N) is 1. The van der Waals surface area contributed by atoms with Gasteiger partial charge in [0.1, 0.15) is 12.4 Å². The predicted molar refractivity (Wildman–Crippen MR) is 108 cm³/mol. The molecule has 0 atom stereocenters. The molecule has 0 aliphatic carbocycles. The predicted octanol–water partition coefficient (Wildman–Crippen LogP) is 3.21. The molecule has 2 heterocycles. The summed E-state index contributed by atoms with van der Waals surface area (Å²) in [5, 5.41) is 0. The first-order chi connectivity index (χ1) is 14.2. The van der Waals surface area contributed by atoms with E-state index < -0.39 is 22.0 Å². The first-order valence-corrected chi connectivity index (χ1v) is 11.1. The Morgan fingerprint density at radius 2 is 1.73 bits per heavy atom. The van der Waals surface area contributed by atoms with Gasteiger partial charge in [-0.25, -0.2) is 18.0 Å². The minimum absolute atomic E-state index is 0.0498. The highest BCUT2D eigenvalue weighted by Crippen LogP contribution is 2.25. The van der Waals surface area contributed by atoms with Gasteiger partial charge in [0, 0.05) is 18.7 Å². The first kappa shape index (κ1) is 22.0. The Labute approximate surface area is 175 Å². The highest BCUT2D eigenvalue weighted by molar-refractivity contribution is 7.89. The Morgan fingerprint density at radius 1 is 1.03 bits per heavy atom. The SMILES string of the molecule is COC(=O)c1oc(COC(=O)c2ccc(C)c(S(=O)(=O)N3CCCCC3)c2)cc1C. The zero-order chi connectivity index (χ0) is 21.9. The zero-order valence-electron chi connectivity index (χ0n) is 17.3. The summed E-state index contributed by atoms with van der Waals surface area (Å²) < 4.78 is 42.7. The van der Waals surface area contributed by atoms with Gasteiger partial charge in [-0.15, -0.1) is 0 Å². The molecule has 30 heavy (non-hydrogen) atoms.